The zero-order valence-electron chi connectivity index (χ0n) is 33.2. The number of aliphatic hydroxyl groups excluding tert-OH is 11. The van der Waals surface area contributed by atoms with Gasteiger partial charge in [0, 0.05) is 20.0 Å². The van der Waals surface area contributed by atoms with Gasteiger partial charge in [-0.2, -0.15) is 0 Å². The number of hydrogen-bond donors (Lipinski definition) is 12. The summed E-state index contributed by atoms with van der Waals surface area (Å²) >= 11 is 0. The van der Waals surface area contributed by atoms with E-state index in [0.717, 1.165) is 32.6 Å². The van der Waals surface area contributed by atoms with E-state index in [1.807, 2.05) is 0 Å². The van der Waals surface area contributed by atoms with Crippen molar-refractivity contribution in [1.82, 2.24) is 5.32 Å². The van der Waals surface area contributed by atoms with E-state index in [0.29, 0.717) is 19.3 Å². The molecule has 0 aromatic rings. The zero-order chi connectivity index (χ0) is 43.6. The Labute approximate surface area is 340 Å². The molecular formula is C36H63NO22. The molecule has 1 amide bonds. The molecule has 0 spiro atoms. The number of aliphatic hydroxyl groups is 11. The molecule has 0 unspecified atom stereocenters. The van der Waals surface area contributed by atoms with Crippen molar-refractivity contribution < 1.29 is 108 Å². The summed E-state index contributed by atoms with van der Waals surface area (Å²) in [4.78, 5) is 23.4. The van der Waals surface area contributed by atoms with Crippen molar-refractivity contribution in [2.75, 3.05) is 33.5 Å². The third-order valence-electron chi connectivity index (χ3n) is 10.8. The van der Waals surface area contributed by atoms with Crippen molar-refractivity contribution in [1.29, 1.82) is 0 Å². The number of amides is 1. The highest BCUT2D eigenvalue weighted by Gasteiger charge is 2.56. The molecule has 4 aliphatic rings. The largest absolute Gasteiger partial charge is 0.469 e. The molecule has 0 bridgehead atoms. The Balaban J connectivity index is 1.54. The van der Waals surface area contributed by atoms with E-state index in [1.165, 1.54) is 14.0 Å². The van der Waals surface area contributed by atoms with Gasteiger partial charge in [-0.3, -0.25) is 9.59 Å². The molecular weight excluding hydrogens is 798 g/mol. The van der Waals surface area contributed by atoms with Crippen LogP contribution in [0.15, 0.2) is 0 Å². The first-order chi connectivity index (χ1) is 28.1. The quantitative estimate of drug-likeness (QED) is 0.0401. The van der Waals surface area contributed by atoms with E-state index in [2.05, 4.69) is 10.1 Å². The number of ether oxygens (including phenoxy) is 9. The summed E-state index contributed by atoms with van der Waals surface area (Å²) in [6, 6.07) is -1.54. The van der Waals surface area contributed by atoms with E-state index in [1.54, 1.807) is 0 Å². The average Bonchev–Trinajstić information content (AvgIpc) is 3.21. The number of esters is 1. The van der Waals surface area contributed by atoms with Gasteiger partial charge in [0.1, 0.15) is 91.5 Å². The second-order valence-electron chi connectivity index (χ2n) is 15.2. The molecule has 20 atom stereocenters. The van der Waals surface area contributed by atoms with Crippen LogP contribution in [0.4, 0.5) is 0 Å². The van der Waals surface area contributed by atoms with Crippen molar-refractivity contribution in [3.63, 3.8) is 0 Å². The summed E-state index contributed by atoms with van der Waals surface area (Å²) in [5.74, 6) is -0.969. The molecule has 0 radical (unpaired) electrons. The van der Waals surface area contributed by atoms with Gasteiger partial charge in [-0.25, -0.2) is 0 Å². The van der Waals surface area contributed by atoms with Crippen LogP contribution >= 0.6 is 0 Å². The van der Waals surface area contributed by atoms with Crippen LogP contribution in [0.5, 0.6) is 0 Å². The second-order valence-corrected chi connectivity index (χ2v) is 15.2. The van der Waals surface area contributed by atoms with Crippen molar-refractivity contribution >= 4 is 11.9 Å². The van der Waals surface area contributed by atoms with Crippen molar-refractivity contribution in [3.8, 4) is 0 Å². The molecule has 0 saturated carbocycles. The molecule has 4 saturated heterocycles. The summed E-state index contributed by atoms with van der Waals surface area (Å²) in [5.41, 5.74) is 0. The lowest BCUT2D eigenvalue weighted by molar-refractivity contribution is -0.401. The standard InChI is InChI=1S/C36H63NO22/c1-15-22(43)26(47)28(49)35(53-15)59-32-31(58-33-21(37-16(2)41)25(46)23(44)17(12-38)54-33)24(45)18(13-39)55-36(32)57-30-19(14-40)56-34(29(50)27(30)48)52-11-9-7-5-4-6-8-10-20(42)51-3/h15,17-19,21-36,38-40,43-50H,4-14H2,1-3H3,(H,37,41)/t15-,17+,18+,19+,21+,22+,23-,24-,25+,26+,27+,28-,29+,30+,31-,32+,33+,34+,35-,36-/m0/s1. The van der Waals surface area contributed by atoms with Gasteiger partial charge in [0.05, 0.1) is 33.0 Å². The van der Waals surface area contributed by atoms with Gasteiger partial charge < -0.3 is 104 Å². The minimum absolute atomic E-state index is 0.116. The van der Waals surface area contributed by atoms with Gasteiger partial charge >= 0.3 is 5.97 Å². The van der Waals surface area contributed by atoms with Crippen LogP contribution in [0.1, 0.15) is 58.8 Å². The lowest BCUT2D eigenvalue weighted by atomic mass is 9.94. The van der Waals surface area contributed by atoms with Crippen LogP contribution in [0.25, 0.3) is 0 Å². The SMILES string of the molecule is COC(=O)CCCCCCCCO[C@@H]1O[C@H](CO)[C@@H](O[C@@H]2O[C@H](CO)[C@H](O)[C@H](O[C@H]3O[C@H](CO)[C@H](O)[C@H](O)[C@H]3NC(C)=O)[C@H]2O[C@@H]2O[C@@H](C)[C@@H](O)[C@@H](O)[C@@H]2O)[C@H](O)[C@H]1O. The highest BCUT2D eigenvalue weighted by Crippen LogP contribution is 2.36. The predicted octanol–water partition coefficient (Wildman–Crippen LogP) is -5.65. The van der Waals surface area contributed by atoms with Gasteiger partial charge in [-0.1, -0.05) is 25.7 Å². The first-order valence-electron chi connectivity index (χ1n) is 19.9. The summed E-state index contributed by atoms with van der Waals surface area (Å²) in [6.45, 7) is 0.0358. The monoisotopic (exact) mass is 861 g/mol. The third-order valence-corrected chi connectivity index (χ3v) is 10.8. The van der Waals surface area contributed by atoms with Gasteiger partial charge in [-0.15, -0.1) is 0 Å². The van der Waals surface area contributed by atoms with E-state index in [-0.39, 0.29) is 12.6 Å². The van der Waals surface area contributed by atoms with Crippen LogP contribution in [0.2, 0.25) is 0 Å². The molecule has 0 aromatic carbocycles. The number of hydrogen-bond acceptors (Lipinski definition) is 22. The Bertz CT molecular complexity index is 1270. The van der Waals surface area contributed by atoms with Gasteiger partial charge in [0.15, 0.2) is 25.2 Å². The molecule has 4 rings (SSSR count). The molecule has 23 nitrogen and oxygen atoms in total. The van der Waals surface area contributed by atoms with Crippen molar-refractivity contribution in [3.05, 3.63) is 0 Å². The van der Waals surface area contributed by atoms with E-state index < -0.39 is 148 Å². The molecule has 344 valence electrons. The van der Waals surface area contributed by atoms with E-state index in [9.17, 15) is 65.8 Å². The summed E-state index contributed by atoms with van der Waals surface area (Å²) in [6.07, 6.45) is -27.2. The van der Waals surface area contributed by atoms with Crippen LogP contribution in [0.3, 0.4) is 0 Å². The molecule has 4 heterocycles. The Morgan fingerprint density at radius 3 is 1.71 bits per heavy atom. The third kappa shape index (κ3) is 12.6. The van der Waals surface area contributed by atoms with E-state index >= 15 is 0 Å². The number of nitrogens with one attached hydrogen (secondary N) is 1. The van der Waals surface area contributed by atoms with Gasteiger partial charge in [-0.05, 0) is 19.8 Å². The first kappa shape index (κ1) is 49.8. The van der Waals surface area contributed by atoms with Crippen molar-refractivity contribution in [2.45, 2.75) is 182 Å². The average molecular weight is 862 g/mol. The fourth-order valence-electron chi connectivity index (χ4n) is 7.37. The molecule has 59 heavy (non-hydrogen) atoms. The summed E-state index contributed by atoms with van der Waals surface area (Å²) < 4.78 is 51.5. The molecule has 12 N–H and O–H groups in total. The first-order valence-corrected chi connectivity index (χ1v) is 19.9. The maximum Gasteiger partial charge on any atom is 0.305 e. The number of rotatable bonds is 20. The summed E-state index contributed by atoms with van der Waals surface area (Å²) in [5, 5.41) is 120. The topological polar surface area (TPSA) is 352 Å². The molecule has 4 fully saturated rings. The van der Waals surface area contributed by atoms with Gasteiger partial charge in [0.2, 0.25) is 5.91 Å². The van der Waals surface area contributed by atoms with Crippen LogP contribution in [0, 0.1) is 0 Å². The molecule has 0 aromatic heterocycles. The minimum atomic E-state index is -1.94. The van der Waals surface area contributed by atoms with Crippen LogP contribution in [-0.4, -0.2) is 224 Å². The number of carbonyl (C=O) groups is 2. The highest BCUT2D eigenvalue weighted by atomic mass is 16.8. The maximum absolute atomic E-state index is 12.1. The lowest BCUT2D eigenvalue weighted by Crippen LogP contribution is -2.69. The Morgan fingerprint density at radius 1 is 0.542 bits per heavy atom. The second kappa shape index (κ2) is 23.6. The van der Waals surface area contributed by atoms with Crippen molar-refractivity contribution in [2.24, 2.45) is 0 Å². The fraction of sp³-hybridized carbons (Fsp3) is 0.944. The number of unbranched alkanes of at least 4 members (excludes halogenated alkanes) is 5. The lowest BCUT2D eigenvalue weighted by Gasteiger charge is -2.51. The molecule has 4 aliphatic heterocycles. The van der Waals surface area contributed by atoms with Gasteiger partial charge in [0.25, 0.3) is 0 Å². The molecule has 0 aliphatic carbocycles. The number of carbonyl (C=O) groups excluding carboxylic acids is 2. The predicted molar refractivity (Wildman–Crippen MR) is 192 cm³/mol. The normalized spacial score (nSPS) is 42.9. The van der Waals surface area contributed by atoms with Crippen LogP contribution in [-0.2, 0) is 52.2 Å². The van der Waals surface area contributed by atoms with Crippen LogP contribution < -0.4 is 5.32 Å². The Hall–Kier alpha value is -1.82. The Kier molecular flexibility index (Phi) is 19.9. The smallest absolute Gasteiger partial charge is 0.305 e. The highest BCUT2D eigenvalue weighted by molar-refractivity contribution is 5.73. The minimum Gasteiger partial charge on any atom is -0.469 e. The summed E-state index contributed by atoms with van der Waals surface area (Å²) in [7, 11) is 1.34. The maximum atomic E-state index is 12.1. The fourth-order valence-corrected chi connectivity index (χ4v) is 7.37. The zero-order valence-corrected chi connectivity index (χ0v) is 33.2. The van der Waals surface area contributed by atoms with E-state index in [4.69, 9.17) is 37.9 Å². The Morgan fingerprint density at radius 2 is 1.08 bits per heavy atom. The number of methoxy groups -OCH3 is 1. The molecule has 23 heteroatoms.